The van der Waals surface area contributed by atoms with Gasteiger partial charge in [-0.2, -0.15) is 0 Å². The summed E-state index contributed by atoms with van der Waals surface area (Å²) in [7, 11) is 0. The Balaban J connectivity index is 1.51. The molecule has 5 heteroatoms. The molecule has 2 heterocycles. The molecular formula is C20H24ClN3O. The molecular weight excluding hydrogens is 334 g/mol. The zero-order valence-corrected chi connectivity index (χ0v) is 15.3. The molecule has 0 radical (unpaired) electrons. The molecule has 1 aliphatic heterocycles. The van der Waals surface area contributed by atoms with Crippen molar-refractivity contribution in [1.29, 1.82) is 0 Å². The number of hydrogen-bond acceptors (Lipinski definition) is 3. The van der Waals surface area contributed by atoms with Crippen LogP contribution >= 0.6 is 11.6 Å². The number of anilines is 1. The number of amides is 1. The van der Waals surface area contributed by atoms with Gasteiger partial charge in [-0.25, -0.2) is 4.98 Å². The van der Waals surface area contributed by atoms with Crippen LogP contribution in [0.3, 0.4) is 0 Å². The van der Waals surface area contributed by atoms with Gasteiger partial charge < -0.3 is 10.2 Å². The molecule has 3 rings (SSSR count). The second-order valence-corrected chi connectivity index (χ2v) is 7.17. The Labute approximate surface area is 154 Å². The van der Waals surface area contributed by atoms with Crippen LogP contribution in [0.5, 0.6) is 0 Å². The second-order valence-electron chi connectivity index (χ2n) is 6.73. The fourth-order valence-corrected chi connectivity index (χ4v) is 3.29. The lowest BCUT2D eigenvalue weighted by Crippen LogP contribution is -2.39. The van der Waals surface area contributed by atoms with E-state index in [1.807, 2.05) is 41.3 Å². The smallest absolute Gasteiger partial charge is 0.272 e. The predicted octanol–water partition coefficient (Wildman–Crippen LogP) is 4.26. The van der Waals surface area contributed by atoms with Gasteiger partial charge in [-0.3, -0.25) is 4.79 Å². The first-order valence-corrected chi connectivity index (χ1v) is 9.23. The Morgan fingerprint density at radius 3 is 2.76 bits per heavy atom. The number of piperidine rings is 1. The van der Waals surface area contributed by atoms with Crippen LogP contribution < -0.4 is 5.32 Å². The molecule has 0 spiro atoms. The molecule has 1 aromatic heterocycles. The van der Waals surface area contributed by atoms with Gasteiger partial charge in [-0.1, -0.05) is 30.7 Å². The van der Waals surface area contributed by atoms with Crippen molar-refractivity contribution in [3.05, 3.63) is 58.9 Å². The summed E-state index contributed by atoms with van der Waals surface area (Å²) in [4.78, 5) is 18.8. The number of nitrogens with one attached hydrogen (secondary N) is 1. The highest BCUT2D eigenvalue weighted by atomic mass is 35.5. The molecule has 1 fully saturated rings. The number of pyridine rings is 1. The van der Waals surface area contributed by atoms with Gasteiger partial charge in [0.05, 0.1) is 11.9 Å². The lowest BCUT2D eigenvalue weighted by molar-refractivity contribution is 0.0677. The Bertz CT molecular complexity index is 700. The number of rotatable bonds is 5. The van der Waals surface area contributed by atoms with Crippen molar-refractivity contribution >= 4 is 23.2 Å². The van der Waals surface area contributed by atoms with E-state index in [4.69, 9.17) is 11.6 Å². The molecule has 2 aromatic rings. The third-order valence-electron chi connectivity index (χ3n) is 4.58. The highest BCUT2D eigenvalue weighted by molar-refractivity contribution is 6.30. The average molecular weight is 358 g/mol. The molecule has 1 aliphatic rings. The van der Waals surface area contributed by atoms with Crippen LogP contribution in [0, 0.1) is 5.92 Å². The van der Waals surface area contributed by atoms with Crippen molar-refractivity contribution < 1.29 is 4.79 Å². The minimum atomic E-state index is 0.0410. The highest BCUT2D eigenvalue weighted by Crippen LogP contribution is 2.18. The quantitative estimate of drug-likeness (QED) is 0.869. The molecule has 1 aromatic carbocycles. The molecule has 4 nitrogen and oxygen atoms in total. The molecule has 1 amide bonds. The van der Waals surface area contributed by atoms with Gasteiger partial charge in [0.25, 0.3) is 5.91 Å². The van der Waals surface area contributed by atoms with Gasteiger partial charge in [0.1, 0.15) is 5.69 Å². The SMILES string of the molecule is CC1CCCN(C(=O)c2ccc(NCCc3ccc(Cl)cc3)cn2)C1. The van der Waals surface area contributed by atoms with Crippen LogP contribution in [-0.4, -0.2) is 35.4 Å². The fraction of sp³-hybridized carbons (Fsp3) is 0.400. The molecule has 1 atom stereocenters. The number of benzene rings is 1. The normalized spacial score (nSPS) is 17.4. The lowest BCUT2D eigenvalue weighted by atomic mass is 10.00. The summed E-state index contributed by atoms with van der Waals surface area (Å²) in [5.41, 5.74) is 2.69. The van der Waals surface area contributed by atoms with E-state index < -0.39 is 0 Å². The maximum Gasteiger partial charge on any atom is 0.272 e. The van der Waals surface area contributed by atoms with E-state index >= 15 is 0 Å². The summed E-state index contributed by atoms with van der Waals surface area (Å²) in [6.45, 7) is 4.67. The minimum Gasteiger partial charge on any atom is -0.383 e. The highest BCUT2D eigenvalue weighted by Gasteiger charge is 2.22. The van der Waals surface area contributed by atoms with Crippen LogP contribution in [0.2, 0.25) is 5.02 Å². The Hall–Kier alpha value is -2.07. The number of nitrogens with zero attached hydrogens (tertiary/aromatic N) is 2. The van der Waals surface area contributed by atoms with Crippen molar-refractivity contribution in [3.63, 3.8) is 0 Å². The van der Waals surface area contributed by atoms with E-state index in [9.17, 15) is 4.79 Å². The van der Waals surface area contributed by atoms with Crippen molar-refractivity contribution in [2.24, 2.45) is 5.92 Å². The first kappa shape index (κ1) is 17.7. The van der Waals surface area contributed by atoms with E-state index in [-0.39, 0.29) is 5.91 Å². The molecule has 0 saturated carbocycles. The van der Waals surface area contributed by atoms with Crippen LogP contribution in [0.1, 0.15) is 35.8 Å². The number of carbonyl (C=O) groups is 1. The lowest BCUT2D eigenvalue weighted by Gasteiger charge is -2.30. The largest absolute Gasteiger partial charge is 0.383 e. The van der Waals surface area contributed by atoms with Crippen LogP contribution in [0.4, 0.5) is 5.69 Å². The van der Waals surface area contributed by atoms with Gasteiger partial charge in [-0.15, -0.1) is 0 Å². The van der Waals surface area contributed by atoms with Crippen molar-refractivity contribution in [3.8, 4) is 0 Å². The Morgan fingerprint density at radius 2 is 2.08 bits per heavy atom. The first-order chi connectivity index (χ1) is 12.1. The topological polar surface area (TPSA) is 45.2 Å². The maximum absolute atomic E-state index is 12.5. The predicted molar refractivity (Wildman–Crippen MR) is 102 cm³/mol. The van der Waals surface area contributed by atoms with Gasteiger partial charge in [0.2, 0.25) is 0 Å². The maximum atomic E-state index is 12.5. The zero-order chi connectivity index (χ0) is 17.6. The van der Waals surface area contributed by atoms with Crippen LogP contribution in [0.15, 0.2) is 42.6 Å². The average Bonchev–Trinajstić information content (AvgIpc) is 2.63. The summed E-state index contributed by atoms with van der Waals surface area (Å²) in [6.07, 6.45) is 4.93. The van der Waals surface area contributed by atoms with Gasteiger partial charge in [0, 0.05) is 24.7 Å². The Kier molecular flexibility index (Phi) is 5.92. The fourth-order valence-electron chi connectivity index (χ4n) is 3.16. The summed E-state index contributed by atoms with van der Waals surface area (Å²) in [6, 6.07) is 11.6. The van der Waals surface area contributed by atoms with E-state index in [1.165, 1.54) is 12.0 Å². The number of aromatic nitrogens is 1. The molecule has 1 unspecified atom stereocenters. The van der Waals surface area contributed by atoms with Gasteiger partial charge >= 0.3 is 0 Å². The van der Waals surface area contributed by atoms with E-state index in [1.54, 1.807) is 6.20 Å². The van der Waals surface area contributed by atoms with E-state index in [0.29, 0.717) is 11.6 Å². The number of carbonyl (C=O) groups excluding carboxylic acids is 1. The molecule has 132 valence electrons. The molecule has 25 heavy (non-hydrogen) atoms. The zero-order valence-electron chi connectivity index (χ0n) is 14.5. The van der Waals surface area contributed by atoms with Crippen molar-refractivity contribution in [2.45, 2.75) is 26.2 Å². The number of halogens is 1. The molecule has 1 saturated heterocycles. The molecule has 1 N–H and O–H groups in total. The van der Waals surface area contributed by atoms with E-state index in [2.05, 4.69) is 17.2 Å². The van der Waals surface area contributed by atoms with Crippen molar-refractivity contribution in [2.75, 3.05) is 25.0 Å². The second kappa shape index (κ2) is 8.34. The van der Waals surface area contributed by atoms with E-state index in [0.717, 1.165) is 43.2 Å². The monoisotopic (exact) mass is 357 g/mol. The standard InChI is InChI=1S/C20H24ClN3O/c1-15-3-2-12-24(14-15)20(25)19-9-8-18(13-23-19)22-11-10-16-4-6-17(21)7-5-16/h4-9,13,15,22H,2-3,10-12,14H2,1H3. The first-order valence-electron chi connectivity index (χ1n) is 8.85. The minimum absolute atomic E-state index is 0.0410. The third kappa shape index (κ3) is 4.95. The summed E-state index contributed by atoms with van der Waals surface area (Å²) >= 11 is 5.89. The molecule has 0 bridgehead atoms. The van der Waals surface area contributed by atoms with Gasteiger partial charge in [0.15, 0.2) is 0 Å². The summed E-state index contributed by atoms with van der Waals surface area (Å²) in [5.74, 6) is 0.616. The van der Waals surface area contributed by atoms with Crippen LogP contribution in [0.25, 0.3) is 0 Å². The Morgan fingerprint density at radius 1 is 1.28 bits per heavy atom. The number of hydrogen-bond donors (Lipinski definition) is 1. The summed E-state index contributed by atoms with van der Waals surface area (Å²) in [5, 5.41) is 4.09. The number of likely N-dealkylation sites (tertiary alicyclic amines) is 1. The van der Waals surface area contributed by atoms with Crippen LogP contribution in [-0.2, 0) is 6.42 Å². The van der Waals surface area contributed by atoms with Gasteiger partial charge in [-0.05, 0) is 55.0 Å². The van der Waals surface area contributed by atoms with Crippen molar-refractivity contribution in [1.82, 2.24) is 9.88 Å². The summed E-state index contributed by atoms with van der Waals surface area (Å²) < 4.78 is 0. The third-order valence-corrected chi connectivity index (χ3v) is 4.83. The molecule has 0 aliphatic carbocycles.